The molecule has 8 heteroatoms. The second kappa shape index (κ2) is 8.75. The Morgan fingerprint density at radius 3 is 2.35 bits per heavy atom. The van der Waals surface area contributed by atoms with E-state index in [9.17, 15) is 8.42 Å². The van der Waals surface area contributed by atoms with Crippen LogP contribution in [0.4, 0.5) is 0 Å². The third-order valence-corrected chi connectivity index (χ3v) is 6.86. The van der Waals surface area contributed by atoms with Gasteiger partial charge in [-0.15, -0.1) is 23.7 Å². The van der Waals surface area contributed by atoms with E-state index in [-0.39, 0.29) is 12.4 Å². The maximum Gasteiger partial charge on any atom is 0.254 e. The Balaban J connectivity index is 0.00000264. The molecule has 0 unspecified atom stereocenters. The Morgan fingerprint density at radius 1 is 1.17 bits per heavy atom. The number of nitrogens with zero attached hydrogens (tertiary/aromatic N) is 2. The minimum absolute atomic E-state index is 0. The Bertz CT molecular complexity index is 718. The number of halogens is 1. The van der Waals surface area contributed by atoms with E-state index < -0.39 is 10.0 Å². The predicted molar refractivity (Wildman–Crippen MR) is 96.8 cm³/mol. The normalized spacial score (nSPS) is 11.5. The van der Waals surface area contributed by atoms with Gasteiger partial charge in [0.05, 0.1) is 10.7 Å². The molecule has 23 heavy (non-hydrogen) atoms. The van der Waals surface area contributed by atoms with E-state index in [1.54, 1.807) is 6.92 Å². The van der Waals surface area contributed by atoms with Crippen molar-refractivity contribution in [1.82, 2.24) is 9.29 Å². The van der Waals surface area contributed by atoms with Crippen LogP contribution in [-0.4, -0.2) is 37.3 Å². The van der Waals surface area contributed by atoms with Gasteiger partial charge in [-0.1, -0.05) is 30.3 Å². The first-order valence-electron chi connectivity index (χ1n) is 7.13. The molecule has 0 aliphatic heterocycles. The summed E-state index contributed by atoms with van der Waals surface area (Å²) in [6, 6.07) is 9.84. The molecule has 0 amide bonds. The molecule has 0 aliphatic carbocycles. The Morgan fingerprint density at radius 2 is 1.83 bits per heavy atom. The Kier molecular flexibility index (Phi) is 7.63. The van der Waals surface area contributed by atoms with Gasteiger partial charge in [-0.2, -0.15) is 4.31 Å². The molecule has 0 fully saturated rings. The molecule has 2 rings (SSSR count). The van der Waals surface area contributed by atoms with Crippen molar-refractivity contribution < 1.29 is 8.42 Å². The summed E-state index contributed by atoms with van der Waals surface area (Å²) in [5, 5.41) is 0.756. The first-order valence-corrected chi connectivity index (χ1v) is 9.39. The fraction of sp³-hybridized carbons (Fsp3) is 0.400. The van der Waals surface area contributed by atoms with Crippen LogP contribution in [0.3, 0.4) is 0 Å². The van der Waals surface area contributed by atoms with E-state index in [1.807, 2.05) is 37.3 Å². The summed E-state index contributed by atoms with van der Waals surface area (Å²) in [6.07, 6.45) is 0.664. The van der Waals surface area contributed by atoms with Gasteiger partial charge < -0.3 is 5.73 Å². The van der Waals surface area contributed by atoms with Gasteiger partial charge in [-0.05, 0) is 25.8 Å². The van der Waals surface area contributed by atoms with Crippen molar-refractivity contribution >= 4 is 33.8 Å². The molecule has 0 spiro atoms. The number of hydrogen-bond donors (Lipinski definition) is 1. The highest BCUT2D eigenvalue weighted by Gasteiger charge is 2.28. The number of hydrogen-bond acceptors (Lipinski definition) is 5. The molecule has 0 radical (unpaired) electrons. The van der Waals surface area contributed by atoms with Crippen molar-refractivity contribution in [2.45, 2.75) is 24.5 Å². The van der Waals surface area contributed by atoms with E-state index in [1.165, 1.54) is 15.6 Å². The summed E-state index contributed by atoms with van der Waals surface area (Å²) in [4.78, 5) is 4.22. The topological polar surface area (TPSA) is 76.3 Å². The van der Waals surface area contributed by atoms with Gasteiger partial charge in [0.15, 0.2) is 4.21 Å². The van der Waals surface area contributed by atoms with Crippen LogP contribution in [0.2, 0.25) is 0 Å². The standard InChI is InChI=1S/C15H21N3O2S2.ClH/c1-12-15(21-13(2)17-12)22(19,20)18(11-9-16)10-8-14-6-4-3-5-7-14;/h3-7H,8-11,16H2,1-2H3;1H. The van der Waals surface area contributed by atoms with Crippen molar-refractivity contribution in [3.63, 3.8) is 0 Å². The molecule has 2 N–H and O–H groups in total. The molecule has 0 atom stereocenters. The Labute approximate surface area is 148 Å². The molecule has 0 saturated carbocycles. The van der Waals surface area contributed by atoms with Gasteiger partial charge in [-0.25, -0.2) is 13.4 Å². The number of nitrogens with two attached hydrogens (primary N) is 1. The zero-order valence-corrected chi connectivity index (χ0v) is 15.7. The second-order valence-electron chi connectivity index (χ2n) is 5.03. The van der Waals surface area contributed by atoms with Gasteiger partial charge in [-0.3, -0.25) is 0 Å². The molecule has 1 aromatic heterocycles. The molecule has 0 aliphatic rings. The van der Waals surface area contributed by atoms with Crippen LogP contribution in [0.1, 0.15) is 16.3 Å². The second-order valence-corrected chi connectivity index (χ2v) is 8.37. The number of aryl methyl sites for hydroxylation is 2. The lowest BCUT2D eigenvalue weighted by Crippen LogP contribution is -2.36. The van der Waals surface area contributed by atoms with E-state index in [4.69, 9.17) is 5.73 Å². The Hall–Kier alpha value is -0.990. The van der Waals surface area contributed by atoms with Gasteiger partial charge in [0, 0.05) is 19.6 Å². The predicted octanol–water partition coefficient (Wildman–Crippen LogP) is 2.37. The van der Waals surface area contributed by atoms with Crippen molar-refractivity contribution in [2.24, 2.45) is 5.73 Å². The molecule has 5 nitrogen and oxygen atoms in total. The van der Waals surface area contributed by atoms with Gasteiger partial charge in [0.25, 0.3) is 10.0 Å². The van der Waals surface area contributed by atoms with Crippen LogP contribution in [0, 0.1) is 13.8 Å². The summed E-state index contributed by atoms with van der Waals surface area (Å²) >= 11 is 1.22. The van der Waals surface area contributed by atoms with Gasteiger partial charge in [0.2, 0.25) is 0 Å². The molecular formula is C15H22ClN3O2S2. The average molecular weight is 376 g/mol. The summed E-state index contributed by atoms with van der Waals surface area (Å²) in [7, 11) is -3.53. The van der Waals surface area contributed by atoms with Gasteiger partial charge in [0.1, 0.15) is 0 Å². The van der Waals surface area contributed by atoms with E-state index >= 15 is 0 Å². The van der Waals surface area contributed by atoms with Crippen molar-refractivity contribution in [3.8, 4) is 0 Å². The smallest absolute Gasteiger partial charge is 0.254 e. The van der Waals surface area contributed by atoms with Crippen LogP contribution in [0.25, 0.3) is 0 Å². The lowest BCUT2D eigenvalue weighted by molar-refractivity contribution is 0.422. The number of sulfonamides is 1. The molecular weight excluding hydrogens is 354 g/mol. The average Bonchev–Trinajstić information content (AvgIpc) is 2.84. The van der Waals surface area contributed by atoms with Crippen LogP contribution >= 0.6 is 23.7 Å². The molecule has 1 aromatic carbocycles. The molecule has 1 heterocycles. The zero-order chi connectivity index (χ0) is 16.2. The molecule has 128 valence electrons. The summed E-state index contributed by atoms with van der Waals surface area (Å²) in [5.41, 5.74) is 7.27. The molecule has 2 aromatic rings. The summed E-state index contributed by atoms with van der Waals surface area (Å²) in [5.74, 6) is 0. The van der Waals surface area contributed by atoms with Crippen molar-refractivity contribution in [2.75, 3.05) is 19.6 Å². The van der Waals surface area contributed by atoms with Crippen LogP contribution in [-0.2, 0) is 16.4 Å². The van der Waals surface area contributed by atoms with E-state index in [2.05, 4.69) is 4.98 Å². The van der Waals surface area contributed by atoms with Crippen LogP contribution < -0.4 is 5.73 Å². The largest absolute Gasteiger partial charge is 0.329 e. The first-order chi connectivity index (χ1) is 10.4. The highest BCUT2D eigenvalue weighted by molar-refractivity contribution is 7.91. The quantitative estimate of drug-likeness (QED) is 0.806. The fourth-order valence-corrected chi connectivity index (χ4v) is 5.34. The summed E-state index contributed by atoms with van der Waals surface area (Å²) in [6.45, 7) is 4.57. The third kappa shape index (κ3) is 4.99. The number of thiazole rings is 1. The number of rotatable bonds is 7. The van der Waals surface area contributed by atoms with Crippen molar-refractivity contribution in [1.29, 1.82) is 0 Å². The highest BCUT2D eigenvalue weighted by Crippen LogP contribution is 2.26. The van der Waals surface area contributed by atoms with Crippen LogP contribution in [0.5, 0.6) is 0 Å². The maximum atomic E-state index is 12.8. The van der Waals surface area contributed by atoms with Crippen molar-refractivity contribution in [3.05, 3.63) is 46.6 Å². The zero-order valence-electron chi connectivity index (χ0n) is 13.2. The molecule has 0 saturated heterocycles. The maximum absolute atomic E-state index is 12.8. The highest BCUT2D eigenvalue weighted by atomic mass is 35.5. The fourth-order valence-electron chi connectivity index (χ4n) is 2.26. The lowest BCUT2D eigenvalue weighted by Gasteiger charge is -2.21. The van der Waals surface area contributed by atoms with E-state index in [0.717, 1.165) is 10.6 Å². The van der Waals surface area contributed by atoms with Gasteiger partial charge >= 0.3 is 0 Å². The van der Waals surface area contributed by atoms with Crippen LogP contribution in [0.15, 0.2) is 34.5 Å². The third-order valence-electron chi connectivity index (χ3n) is 3.31. The lowest BCUT2D eigenvalue weighted by atomic mass is 10.1. The summed E-state index contributed by atoms with van der Waals surface area (Å²) < 4.78 is 27.4. The minimum atomic E-state index is -3.53. The SMILES string of the molecule is Cc1nc(C)c(S(=O)(=O)N(CCN)CCc2ccccc2)s1.Cl. The molecule has 0 bridgehead atoms. The monoisotopic (exact) mass is 375 g/mol. The minimum Gasteiger partial charge on any atom is -0.329 e. The van der Waals surface area contributed by atoms with E-state index in [0.29, 0.717) is 36.0 Å². The first kappa shape index (κ1) is 20.1. The number of aromatic nitrogens is 1. The number of benzene rings is 1.